The average Bonchev–Trinajstić information content (AvgIpc) is 3.12. The molecule has 134 valence electrons. The normalized spacial score (nSPS) is 16.0. The van der Waals surface area contributed by atoms with Gasteiger partial charge >= 0.3 is 0 Å². The van der Waals surface area contributed by atoms with Crippen LogP contribution in [-0.2, 0) is 12.8 Å². The first kappa shape index (κ1) is 17.7. The molecule has 1 heterocycles. The van der Waals surface area contributed by atoms with E-state index < -0.39 is 6.10 Å². The first-order valence-electron chi connectivity index (χ1n) is 8.80. The number of aryl methyl sites for hydroxylation is 2. The molecule has 1 fully saturated rings. The summed E-state index contributed by atoms with van der Waals surface area (Å²) in [5.41, 5.74) is 2.21. The van der Waals surface area contributed by atoms with Crippen molar-refractivity contribution in [2.75, 3.05) is 32.9 Å². The second kappa shape index (κ2) is 8.85. The SMILES string of the molecule is Oc1cccc(CCc2ccccc2OC[C@@H](O)CN2CCNC2)c1. The summed E-state index contributed by atoms with van der Waals surface area (Å²) in [6.45, 7) is 3.69. The number of para-hydroxylation sites is 1. The van der Waals surface area contributed by atoms with Crippen LogP contribution in [0.4, 0.5) is 0 Å². The number of nitrogens with zero attached hydrogens (tertiary/aromatic N) is 1. The molecule has 0 aliphatic carbocycles. The lowest BCUT2D eigenvalue weighted by Gasteiger charge is -2.20. The Hall–Kier alpha value is -2.08. The van der Waals surface area contributed by atoms with E-state index in [2.05, 4.69) is 16.3 Å². The Morgan fingerprint density at radius 2 is 2.00 bits per heavy atom. The third-order valence-corrected chi connectivity index (χ3v) is 4.41. The fourth-order valence-corrected chi connectivity index (χ4v) is 3.09. The zero-order valence-electron chi connectivity index (χ0n) is 14.4. The number of aromatic hydroxyl groups is 1. The van der Waals surface area contributed by atoms with E-state index in [1.165, 1.54) is 0 Å². The quantitative estimate of drug-likeness (QED) is 0.682. The highest BCUT2D eigenvalue weighted by Gasteiger charge is 2.16. The molecule has 0 radical (unpaired) electrons. The van der Waals surface area contributed by atoms with Crippen molar-refractivity contribution in [3.63, 3.8) is 0 Å². The van der Waals surface area contributed by atoms with Gasteiger partial charge in [0.15, 0.2) is 0 Å². The highest BCUT2D eigenvalue weighted by molar-refractivity contribution is 5.35. The molecular weight excluding hydrogens is 316 g/mol. The van der Waals surface area contributed by atoms with Crippen LogP contribution < -0.4 is 10.1 Å². The van der Waals surface area contributed by atoms with Crippen LogP contribution in [-0.4, -0.2) is 54.1 Å². The number of hydrogen-bond acceptors (Lipinski definition) is 5. The van der Waals surface area contributed by atoms with Gasteiger partial charge in [-0.2, -0.15) is 0 Å². The van der Waals surface area contributed by atoms with Gasteiger partial charge in [0.25, 0.3) is 0 Å². The zero-order valence-corrected chi connectivity index (χ0v) is 14.4. The molecule has 25 heavy (non-hydrogen) atoms. The third kappa shape index (κ3) is 5.46. The number of β-amino-alcohol motifs (C(OH)–C–C–N with tert-alkyl or cyclic N) is 1. The molecule has 1 saturated heterocycles. The number of phenolic OH excluding ortho intramolecular Hbond substituents is 1. The molecule has 3 rings (SSSR count). The first-order valence-corrected chi connectivity index (χ1v) is 8.80. The Morgan fingerprint density at radius 1 is 1.12 bits per heavy atom. The lowest BCUT2D eigenvalue weighted by Crippen LogP contribution is -2.34. The molecule has 0 saturated carbocycles. The minimum atomic E-state index is -0.501. The Balaban J connectivity index is 1.53. The topological polar surface area (TPSA) is 65.0 Å². The van der Waals surface area contributed by atoms with Gasteiger partial charge in [-0.25, -0.2) is 0 Å². The van der Waals surface area contributed by atoms with Crippen molar-refractivity contribution in [1.29, 1.82) is 0 Å². The Kier molecular flexibility index (Phi) is 6.28. The van der Waals surface area contributed by atoms with Crippen molar-refractivity contribution in [2.24, 2.45) is 0 Å². The lowest BCUT2D eigenvalue weighted by atomic mass is 10.0. The molecule has 0 amide bonds. The van der Waals surface area contributed by atoms with Crippen LogP contribution in [0, 0.1) is 0 Å². The van der Waals surface area contributed by atoms with Gasteiger partial charge in [0.2, 0.25) is 0 Å². The average molecular weight is 342 g/mol. The highest BCUT2D eigenvalue weighted by atomic mass is 16.5. The summed E-state index contributed by atoms with van der Waals surface area (Å²) >= 11 is 0. The first-order chi connectivity index (χ1) is 12.2. The molecule has 2 aromatic carbocycles. The molecule has 5 heteroatoms. The molecule has 1 aliphatic heterocycles. The van der Waals surface area contributed by atoms with Crippen LogP contribution in [0.1, 0.15) is 11.1 Å². The zero-order chi connectivity index (χ0) is 17.5. The maximum Gasteiger partial charge on any atom is 0.122 e. The van der Waals surface area contributed by atoms with E-state index >= 15 is 0 Å². The molecule has 5 nitrogen and oxygen atoms in total. The maximum atomic E-state index is 10.2. The van der Waals surface area contributed by atoms with Crippen LogP contribution in [0.2, 0.25) is 0 Å². The van der Waals surface area contributed by atoms with Gasteiger partial charge in [-0.15, -0.1) is 0 Å². The summed E-state index contributed by atoms with van der Waals surface area (Å²) in [7, 11) is 0. The minimum absolute atomic E-state index is 0.291. The predicted octanol–water partition coefficient (Wildman–Crippen LogP) is 1.78. The number of hydrogen-bond donors (Lipinski definition) is 3. The second-order valence-electron chi connectivity index (χ2n) is 6.48. The summed E-state index contributed by atoms with van der Waals surface area (Å²) in [6.07, 6.45) is 1.15. The van der Waals surface area contributed by atoms with Crippen LogP contribution in [0.5, 0.6) is 11.5 Å². The minimum Gasteiger partial charge on any atom is -0.508 e. The van der Waals surface area contributed by atoms with E-state index in [0.717, 1.165) is 49.5 Å². The molecule has 0 bridgehead atoms. The number of rotatable bonds is 8. The summed E-state index contributed by atoms with van der Waals surface area (Å²) in [4.78, 5) is 2.18. The van der Waals surface area contributed by atoms with Gasteiger partial charge in [-0.1, -0.05) is 30.3 Å². The molecule has 1 aliphatic rings. The molecule has 3 N–H and O–H groups in total. The van der Waals surface area contributed by atoms with E-state index in [-0.39, 0.29) is 0 Å². The van der Waals surface area contributed by atoms with Crippen molar-refractivity contribution in [3.8, 4) is 11.5 Å². The number of ether oxygens (including phenoxy) is 1. The van der Waals surface area contributed by atoms with Crippen molar-refractivity contribution in [3.05, 3.63) is 59.7 Å². The second-order valence-corrected chi connectivity index (χ2v) is 6.48. The largest absolute Gasteiger partial charge is 0.508 e. The van der Waals surface area contributed by atoms with Crippen LogP contribution >= 0.6 is 0 Å². The number of aliphatic hydroxyl groups excluding tert-OH is 1. The Labute approximate surface area is 148 Å². The molecular formula is C20H26N2O3. The summed E-state index contributed by atoms with van der Waals surface area (Å²) in [5, 5.41) is 23.0. The Morgan fingerprint density at radius 3 is 2.80 bits per heavy atom. The molecule has 0 spiro atoms. The molecule has 1 atom stereocenters. The monoisotopic (exact) mass is 342 g/mol. The van der Waals surface area contributed by atoms with Gasteiger partial charge in [0, 0.05) is 26.3 Å². The molecule has 0 unspecified atom stereocenters. The number of nitrogens with one attached hydrogen (secondary N) is 1. The summed E-state index contributed by atoms with van der Waals surface area (Å²) in [6, 6.07) is 15.3. The van der Waals surface area contributed by atoms with Crippen molar-refractivity contribution in [1.82, 2.24) is 10.2 Å². The van der Waals surface area contributed by atoms with Gasteiger partial charge in [-0.3, -0.25) is 4.90 Å². The predicted molar refractivity (Wildman–Crippen MR) is 97.9 cm³/mol. The van der Waals surface area contributed by atoms with Crippen molar-refractivity contribution >= 4 is 0 Å². The van der Waals surface area contributed by atoms with Crippen LogP contribution in [0.3, 0.4) is 0 Å². The molecule has 2 aromatic rings. The van der Waals surface area contributed by atoms with E-state index in [4.69, 9.17) is 4.74 Å². The third-order valence-electron chi connectivity index (χ3n) is 4.41. The van der Waals surface area contributed by atoms with Gasteiger partial charge in [0.05, 0.1) is 0 Å². The standard InChI is InChI=1S/C20H26N2O3/c23-18-6-3-4-16(12-18)8-9-17-5-1-2-7-20(17)25-14-19(24)13-22-11-10-21-15-22/h1-7,12,19,21,23-24H,8-11,13-15H2/t19-/m0/s1. The maximum absolute atomic E-state index is 10.2. The summed E-state index contributed by atoms with van der Waals surface area (Å²) < 4.78 is 5.87. The molecule has 0 aromatic heterocycles. The highest BCUT2D eigenvalue weighted by Crippen LogP contribution is 2.21. The number of aliphatic hydroxyl groups is 1. The summed E-state index contributed by atoms with van der Waals surface area (Å²) in [5.74, 6) is 1.11. The number of benzene rings is 2. The lowest BCUT2D eigenvalue weighted by molar-refractivity contribution is 0.0751. The van der Waals surface area contributed by atoms with E-state index in [9.17, 15) is 10.2 Å². The van der Waals surface area contributed by atoms with Crippen molar-refractivity contribution in [2.45, 2.75) is 18.9 Å². The van der Waals surface area contributed by atoms with Gasteiger partial charge in [-0.05, 0) is 42.2 Å². The number of phenols is 1. The van der Waals surface area contributed by atoms with Crippen molar-refractivity contribution < 1.29 is 14.9 Å². The van der Waals surface area contributed by atoms with Gasteiger partial charge < -0.3 is 20.3 Å². The van der Waals surface area contributed by atoms with E-state index in [1.807, 2.05) is 30.3 Å². The fraction of sp³-hybridized carbons (Fsp3) is 0.400. The van der Waals surface area contributed by atoms with Crippen LogP contribution in [0.25, 0.3) is 0 Å². The van der Waals surface area contributed by atoms with Crippen LogP contribution in [0.15, 0.2) is 48.5 Å². The van der Waals surface area contributed by atoms with E-state index in [0.29, 0.717) is 18.9 Å². The Bertz CT molecular complexity index is 671. The van der Waals surface area contributed by atoms with Gasteiger partial charge in [0.1, 0.15) is 24.2 Å². The van der Waals surface area contributed by atoms with E-state index in [1.54, 1.807) is 12.1 Å². The smallest absolute Gasteiger partial charge is 0.122 e. The fourth-order valence-electron chi connectivity index (χ4n) is 3.09.